The van der Waals surface area contributed by atoms with E-state index in [-0.39, 0.29) is 17.4 Å². The Kier molecular flexibility index (Phi) is 7.05. The molecule has 5 heteroatoms. The average Bonchev–Trinajstić information content (AvgIpc) is 2.66. The smallest absolute Gasteiger partial charge is 0.251 e. The monoisotopic (exact) mass is 406 g/mol. The Morgan fingerprint density at radius 1 is 1.00 bits per heavy atom. The normalized spacial score (nSPS) is 12.4. The molecule has 3 N–H and O–H groups in total. The van der Waals surface area contributed by atoms with E-state index in [9.17, 15) is 9.59 Å². The van der Waals surface area contributed by atoms with Gasteiger partial charge in [-0.05, 0) is 28.3 Å². The van der Waals surface area contributed by atoms with Crippen molar-refractivity contribution >= 4 is 19.9 Å². The lowest BCUT2D eigenvalue weighted by Gasteiger charge is -2.31. The highest BCUT2D eigenvalue weighted by molar-refractivity contribution is 6.87. The molecule has 152 valence electrons. The SMILES string of the molecule is CC(C)(C)[Si](C)(C)C#CC[C@H](NC(=O)c1ccc(-c2ccccc2)cc1)C(N)=O. The van der Waals surface area contributed by atoms with Gasteiger partial charge < -0.3 is 11.1 Å². The second-order valence-corrected chi connectivity index (χ2v) is 13.8. The second kappa shape index (κ2) is 9.10. The minimum Gasteiger partial charge on any atom is -0.368 e. The van der Waals surface area contributed by atoms with Gasteiger partial charge in [0.1, 0.15) is 14.1 Å². The molecule has 2 rings (SSSR count). The molecular weight excluding hydrogens is 376 g/mol. The molecule has 0 saturated heterocycles. The summed E-state index contributed by atoms with van der Waals surface area (Å²) in [4.78, 5) is 24.4. The summed E-state index contributed by atoms with van der Waals surface area (Å²) in [6.45, 7) is 10.9. The van der Waals surface area contributed by atoms with Crippen molar-refractivity contribution in [1.82, 2.24) is 5.32 Å². The number of carbonyl (C=O) groups is 2. The van der Waals surface area contributed by atoms with Crippen LogP contribution in [0.4, 0.5) is 0 Å². The van der Waals surface area contributed by atoms with Crippen molar-refractivity contribution in [3.05, 3.63) is 60.2 Å². The molecule has 2 aromatic rings. The fourth-order valence-corrected chi connectivity index (χ4v) is 3.39. The third kappa shape index (κ3) is 6.07. The van der Waals surface area contributed by atoms with E-state index in [4.69, 9.17) is 5.73 Å². The lowest BCUT2D eigenvalue weighted by atomic mass is 10.0. The van der Waals surface area contributed by atoms with Crippen LogP contribution in [-0.2, 0) is 4.79 Å². The van der Waals surface area contributed by atoms with Gasteiger partial charge in [0, 0.05) is 12.0 Å². The first kappa shape index (κ1) is 22.4. The van der Waals surface area contributed by atoms with Crippen LogP contribution < -0.4 is 11.1 Å². The lowest BCUT2D eigenvalue weighted by molar-refractivity contribution is -0.119. The van der Waals surface area contributed by atoms with E-state index < -0.39 is 20.0 Å². The minimum absolute atomic E-state index is 0.131. The molecule has 0 heterocycles. The molecule has 0 saturated carbocycles. The van der Waals surface area contributed by atoms with Crippen LogP contribution in [0.15, 0.2) is 54.6 Å². The van der Waals surface area contributed by atoms with Crippen molar-refractivity contribution in [2.45, 2.75) is 51.4 Å². The molecule has 2 amide bonds. The van der Waals surface area contributed by atoms with Crippen molar-refractivity contribution < 1.29 is 9.59 Å². The number of hydrogen-bond donors (Lipinski definition) is 2. The number of rotatable bonds is 5. The van der Waals surface area contributed by atoms with Crippen molar-refractivity contribution in [3.8, 4) is 22.6 Å². The Morgan fingerprint density at radius 2 is 1.55 bits per heavy atom. The topological polar surface area (TPSA) is 72.2 Å². The lowest BCUT2D eigenvalue weighted by Crippen LogP contribution is -2.44. The van der Waals surface area contributed by atoms with E-state index in [1.807, 2.05) is 42.5 Å². The number of amides is 2. The largest absolute Gasteiger partial charge is 0.368 e. The van der Waals surface area contributed by atoms with Crippen LogP contribution in [0.3, 0.4) is 0 Å². The van der Waals surface area contributed by atoms with Crippen LogP contribution in [-0.4, -0.2) is 25.9 Å². The van der Waals surface area contributed by atoms with E-state index in [1.54, 1.807) is 12.1 Å². The summed E-state index contributed by atoms with van der Waals surface area (Å²) in [5.74, 6) is 2.19. The highest BCUT2D eigenvalue weighted by Gasteiger charge is 2.33. The molecule has 0 bridgehead atoms. The number of benzene rings is 2. The summed E-state index contributed by atoms with van der Waals surface area (Å²) < 4.78 is 0. The molecule has 0 unspecified atom stereocenters. The Bertz CT molecular complexity index is 917. The maximum Gasteiger partial charge on any atom is 0.251 e. The third-order valence-electron chi connectivity index (χ3n) is 5.49. The van der Waals surface area contributed by atoms with Crippen LogP contribution in [0.25, 0.3) is 11.1 Å². The van der Waals surface area contributed by atoms with Crippen LogP contribution in [0.5, 0.6) is 0 Å². The molecule has 0 radical (unpaired) electrons. The fourth-order valence-electron chi connectivity index (χ4n) is 2.47. The Hall–Kier alpha value is -2.84. The molecule has 0 fully saturated rings. The van der Waals surface area contributed by atoms with Gasteiger partial charge in [-0.2, -0.15) is 0 Å². The molecule has 0 aliphatic carbocycles. The summed E-state index contributed by atoms with van der Waals surface area (Å²) in [6, 6.07) is 16.4. The summed E-state index contributed by atoms with van der Waals surface area (Å²) in [5, 5.41) is 2.85. The maximum absolute atomic E-state index is 12.6. The zero-order chi connectivity index (χ0) is 21.7. The Morgan fingerprint density at radius 3 is 2.07 bits per heavy atom. The highest BCUT2D eigenvalue weighted by atomic mass is 28.3. The first-order valence-corrected chi connectivity index (χ1v) is 12.8. The van der Waals surface area contributed by atoms with E-state index in [2.05, 4.69) is 50.6 Å². The summed E-state index contributed by atoms with van der Waals surface area (Å²) in [5.41, 5.74) is 11.4. The number of nitrogens with one attached hydrogen (secondary N) is 1. The molecule has 1 atom stereocenters. The van der Waals surface area contributed by atoms with Gasteiger partial charge in [0.25, 0.3) is 5.91 Å². The van der Waals surface area contributed by atoms with Crippen molar-refractivity contribution in [2.24, 2.45) is 5.73 Å². The Labute approximate surface area is 174 Å². The van der Waals surface area contributed by atoms with Crippen LogP contribution in [0.2, 0.25) is 18.1 Å². The van der Waals surface area contributed by atoms with E-state index in [1.165, 1.54) is 0 Å². The maximum atomic E-state index is 12.6. The van der Waals surface area contributed by atoms with Gasteiger partial charge in [0.2, 0.25) is 5.91 Å². The number of nitrogens with two attached hydrogens (primary N) is 1. The summed E-state index contributed by atoms with van der Waals surface area (Å²) in [6.07, 6.45) is 0.218. The number of carbonyl (C=O) groups excluding carboxylic acids is 2. The number of primary amides is 1. The molecule has 29 heavy (non-hydrogen) atoms. The van der Waals surface area contributed by atoms with E-state index in [0.29, 0.717) is 5.56 Å². The summed E-state index contributed by atoms with van der Waals surface area (Å²) >= 11 is 0. The van der Waals surface area contributed by atoms with Crippen LogP contribution >= 0.6 is 0 Å². The van der Waals surface area contributed by atoms with Crippen molar-refractivity contribution in [2.75, 3.05) is 0 Å². The van der Waals surface area contributed by atoms with Crippen LogP contribution in [0.1, 0.15) is 37.6 Å². The quantitative estimate of drug-likeness (QED) is 0.571. The zero-order valence-electron chi connectivity index (χ0n) is 17.9. The van der Waals surface area contributed by atoms with Gasteiger partial charge in [-0.1, -0.05) is 76.3 Å². The number of hydrogen-bond acceptors (Lipinski definition) is 2. The van der Waals surface area contributed by atoms with Gasteiger partial charge in [-0.3, -0.25) is 9.59 Å². The fraction of sp³-hybridized carbons (Fsp3) is 0.333. The molecule has 0 aliphatic rings. The molecule has 4 nitrogen and oxygen atoms in total. The van der Waals surface area contributed by atoms with Crippen molar-refractivity contribution in [3.63, 3.8) is 0 Å². The van der Waals surface area contributed by atoms with Crippen LogP contribution in [0, 0.1) is 11.5 Å². The highest BCUT2D eigenvalue weighted by Crippen LogP contribution is 2.35. The first-order valence-electron chi connectivity index (χ1n) is 9.77. The molecule has 2 aromatic carbocycles. The summed E-state index contributed by atoms with van der Waals surface area (Å²) in [7, 11) is -1.77. The van der Waals surface area contributed by atoms with E-state index in [0.717, 1.165) is 11.1 Å². The third-order valence-corrected chi connectivity index (χ3v) is 10.0. The first-order chi connectivity index (χ1) is 13.5. The molecule has 0 aliphatic heterocycles. The molecule has 0 aromatic heterocycles. The standard InChI is InChI=1S/C24H30N2O2Si/c1-24(2,3)29(4,5)17-9-12-21(22(25)27)26-23(28)20-15-13-19(14-16-20)18-10-7-6-8-11-18/h6-8,10-11,13-16,21H,12H2,1-5H3,(H2,25,27)(H,26,28)/t21-/m0/s1. The predicted molar refractivity (Wildman–Crippen MR) is 122 cm³/mol. The Balaban J connectivity index is 2.08. The second-order valence-electron chi connectivity index (χ2n) is 8.75. The van der Waals surface area contributed by atoms with Gasteiger partial charge in [0.15, 0.2) is 0 Å². The molecule has 0 spiro atoms. The average molecular weight is 407 g/mol. The van der Waals surface area contributed by atoms with Gasteiger partial charge in [0.05, 0.1) is 0 Å². The predicted octanol–water partition coefficient (Wildman–Crippen LogP) is 4.38. The zero-order valence-corrected chi connectivity index (χ0v) is 18.9. The van der Waals surface area contributed by atoms with E-state index >= 15 is 0 Å². The van der Waals surface area contributed by atoms with Gasteiger partial charge in [-0.25, -0.2) is 0 Å². The van der Waals surface area contributed by atoms with Gasteiger partial charge in [-0.15, -0.1) is 11.5 Å². The molecular formula is C24H30N2O2Si. The van der Waals surface area contributed by atoms with Gasteiger partial charge >= 0.3 is 0 Å². The van der Waals surface area contributed by atoms with Crippen molar-refractivity contribution in [1.29, 1.82) is 0 Å². The minimum atomic E-state index is -1.77.